The zero-order chi connectivity index (χ0) is 18.2. The first-order valence-corrected chi connectivity index (χ1v) is 9.12. The first kappa shape index (κ1) is 19.0. The van der Waals surface area contributed by atoms with Crippen LogP contribution in [0.25, 0.3) is 0 Å². The van der Waals surface area contributed by atoms with Crippen LogP contribution < -0.4 is 15.4 Å². The summed E-state index contributed by atoms with van der Waals surface area (Å²) in [6, 6.07) is 7.47. The summed E-state index contributed by atoms with van der Waals surface area (Å²) in [7, 11) is 4.89. The van der Waals surface area contributed by atoms with E-state index in [-0.39, 0.29) is 24.1 Å². The van der Waals surface area contributed by atoms with E-state index in [1.54, 1.807) is 21.2 Å². The second kappa shape index (κ2) is 9.23. The molecule has 2 rings (SSSR count). The predicted octanol–water partition coefficient (Wildman–Crippen LogP) is 1.59. The lowest BCUT2D eigenvalue weighted by Gasteiger charge is -2.10. The summed E-state index contributed by atoms with van der Waals surface area (Å²) in [5.41, 5.74) is 0.840. The molecule has 0 aliphatic heterocycles. The van der Waals surface area contributed by atoms with Crippen molar-refractivity contribution in [1.82, 2.24) is 20.4 Å². The van der Waals surface area contributed by atoms with E-state index in [0.717, 1.165) is 11.4 Å². The van der Waals surface area contributed by atoms with Gasteiger partial charge in [-0.1, -0.05) is 29.2 Å². The van der Waals surface area contributed by atoms with Crippen molar-refractivity contribution >= 4 is 45.7 Å². The molecule has 10 heteroatoms. The van der Waals surface area contributed by atoms with Crippen LogP contribution in [0.5, 0.6) is 5.75 Å². The molecule has 0 atom stereocenters. The normalized spacial score (nSPS) is 10.2. The number of amides is 2. The zero-order valence-electron chi connectivity index (χ0n) is 14.1. The number of carbonyl (C=O) groups is 2. The lowest BCUT2D eigenvalue weighted by molar-refractivity contribution is -0.130. The molecule has 1 heterocycles. The van der Waals surface area contributed by atoms with Crippen molar-refractivity contribution in [2.24, 2.45) is 0 Å². The average Bonchev–Trinajstić information content (AvgIpc) is 3.05. The van der Waals surface area contributed by atoms with Crippen LogP contribution in [0.4, 0.5) is 10.8 Å². The first-order chi connectivity index (χ1) is 12.0. The Bertz CT molecular complexity index is 735. The molecule has 8 nitrogen and oxygen atoms in total. The van der Waals surface area contributed by atoms with Crippen molar-refractivity contribution in [2.75, 3.05) is 38.8 Å². The van der Waals surface area contributed by atoms with Crippen LogP contribution in [0.3, 0.4) is 0 Å². The highest BCUT2D eigenvalue weighted by molar-refractivity contribution is 8.01. The van der Waals surface area contributed by atoms with E-state index < -0.39 is 0 Å². The summed E-state index contributed by atoms with van der Waals surface area (Å²) < 4.78 is 5.84. The number of nitrogens with zero attached hydrogens (tertiary/aromatic N) is 3. The fourth-order valence-electron chi connectivity index (χ4n) is 1.65. The average molecular weight is 381 g/mol. The van der Waals surface area contributed by atoms with E-state index in [9.17, 15) is 9.59 Å². The number of benzene rings is 1. The third-order valence-corrected chi connectivity index (χ3v) is 4.96. The Morgan fingerprint density at radius 2 is 2.12 bits per heavy atom. The van der Waals surface area contributed by atoms with Crippen LogP contribution in [-0.4, -0.2) is 60.4 Å². The molecule has 0 radical (unpaired) electrons. The van der Waals surface area contributed by atoms with Gasteiger partial charge in [0.1, 0.15) is 5.75 Å². The van der Waals surface area contributed by atoms with Gasteiger partial charge in [-0.3, -0.25) is 9.59 Å². The second-order valence-electron chi connectivity index (χ2n) is 5.08. The van der Waals surface area contributed by atoms with Crippen molar-refractivity contribution in [1.29, 1.82) is 0 Å². The van der Waals surface area contributed by atoms with Gasteiger partial charge in [0.15, 0.2) is 4.34 Å². The van der Waals surface area contributed by atoms with Crippen molar-refractivity contribution < 1.29 is 14.3 Å². The molecule has 1 aromatic carbocycles. The Hall–Kier alpha value is -2.33. The fraction of sp³-hybridized carbons (Fsp3) is 0.333. The second-order valence-corrected chi connectivity index (χ2v) is 7.28. The van der Waals surface area contributed by atoms with E-state index in [4.69, 9.17) is 4.74 Å². The highest BCUT2D eigenvalue weighted by Gasteiger charge is 2.10. The molecule has 25 heavy (non-hydrogen) atoms. The van der Waals surface area contributed by atoms with E-state index in [1.165, 1.54) is 28.0 Å². The van der Waals surface area contributed by atoms with Gasteiger partial charge in [-0.05, 0) is 12.1 Å². The van der Waals surface area contributed by atoms with Gasteiger partial charge in [-0.15, -0.1) is 10.2 Å². The molecule has 0 aliphatic carbocycles. The van der Waals surface area contributed by atoms with Gasteiger partial charge in [0.25, 0.3) is 0 Å². The standard InChI is InChI=1S/C15H19N5O3S2/c1-20(2)13(22)8-16-12(21)9-24-15-19-18-14(25-15)17-10-5-4-6-11(7-10)23-3/h4-7H,8-9H2,1-3H3,(H,16,21)(H,17,18). The van der Waals surface area contributed by atoms with Gasteiger partial charge in [0.2, 0.25) is 16.9 Å². The summed E-state index contributed by atoms with van der Waals surface area (Å²) in [6.07, 6.45) is 0. The van der Waals surface area contributed by atoms with Crippen LogP contribution in [0, 0.1) is 0 Å². The number of hydrogen-bond donors (Lipinski definition) is 2. The molecule has 0 saturated heterocycles. The number of methoxy groups -OCH3 is 1. The Morgan fingerprint density at radius 3 is 2.84 bits per heavy atom. The molecule has 0 saturated carbocycles. The maximum absolute atomic E-state index is 11.7. The van der Waals surface area contributed by atoms with Crippen molar-refractivity contribution in [3.63, 3.8) is 0 Å². The van der Waals surface area contributed by atoms with Crippen LogP contribution >= 0.6 is 23.1 Å². The molecule has 1 aromatic heterocycles. The summed E-state index contributed by atoms with van der Waals surface area (Å²) >= 11 is 2.62. The van der Waals surface area contributed by atoms with Crippen molar-refractivity contribution in [2.45, 2.75) is 4.34 Å². The van der Waals surface area contributed by atoms with Crippen LogP contribution in [-0.2, 0) is 9.59 Å². The Balaban J connectivity index is 1.81. The lowest BCUT2D eigenvalue weighted by atomic mass is 10.3. The van der Waals surface area contributed by atoms with Crippen molar-refractivity contribution in [3.8, 4) is 5.75 Å². The minimum Gasteiger partial charge on any atom is -0.497 e. The highest BCUT2D eigenvalue weighted by atomic mass is 32.2. The minimum absolute atomic E-state index is 0.00877. The summed E-state index contributed by atoms with van der Waals surface area (Å²) in [5, 5.41) is 14.4. The number of thioether (sulfide) groups is 1. The highest BCUT2D eigenvalue weighted by Crippen LogP contribution is 2.28. The van der Waals surface area contributed by atoms with Gasteiger partial charge in [0, 0.05) is 25.8 Å². The van der Waals surface area contributed by atoms with Gasteiger partial charge in [0.05, 0.1) is 19.4 Å². The SMILES string of the molecule is COc1cccc(Nc2nnc(SCC(=O)NCC(=O)N(C)C)s2)c1. The van der Waals surface area contributed by atoms with Crippen LogP contribution in [0.2, 0.25) is 0 Å². The smallest absolute Gasteiger partial charge is 0.241 e. The monoisotopic (exact) mass is 381 g/mol. The lowest BCUT2D eigenvalue weighted by Crippen LogP contribution is -2.36. The topological polar surface area (TPSA) is 96.5 Å². The first-order valence-electron chi connectivity index (χ1n) is 7.32. The quantitative estimate of drug-likeness (QED) is 0.670. The number of hydrogen-bond acceptors (Lipinski definition) is 8. The Morgan fingerprint density at radius 1 is 1.32 bits per heavy atom. The number of ether oxygens (including phenoxy) is 1. The summed E-state index contributed by atoms with van der Waals surface area (Å²) in [5.74, 6) is 0.541. The molecular formula is C15H19N5O3S2. The predicted molar refractivity (Wildman–Crippen MR) is 98.6 cm³/mol. The fourth-order valence-corrected chi connectivity index (χ4v) is 3.26. The molecule has 134 valence electrons. The molecule has 2 N–H and O–H groups in total. The Kier molecular flexibility index (Phi) is 7.02. The number of rotatable bonds is 8. The van der Waals surface area contributed by atoms with Crippen LogP contribution in [0.1, 0.15) is 0 Å². The van der Waals surface area contributed by atoms with Crippen LogP contribution in [0.15, 0.2) is 28.6 Å². The number of aromatic nitrogens is 2. The number of anilines is 2. The molecule has 2 aromatic rings. The van der Waals surface area contributed by atoms with Gasteiger partial charge >= 0.3 is 0 Å². The number of nitrogens with one attached hydrogen (secondary N) is 2. The third-order valence-electron chi connectivity index (χ3n) is 2.99. The Labute approximate surface area is 154 Å². The maximum Gasteiger partial charge on any atom is 0.241 e. The molecule has 0 spiro atoms. The van der Waals surface area contributed by atoms with Crippen molar-refractivity contribution in [3.05, 3.63) is 24.3 Å². The van der Waals surface area contributed by atoms with E-state index in [2.05, 4.69) is 20.8 Å². The summed E-state index contributed by atoms with van der Waals surface area (Å²) in [4.78, 5) is 24.6. The largest absolute Gasteiger partial charge is 0.497 e. The molecule has 2 amide bonds. The van der Waals surface area contributed by atoms with E-state index in [0.29, 0.717) is 9.47 Å². The van der Waals surface area contributed by atoms with Gasteiger partial charge in [-0.2, -0.15) is 0 Å². The minimum atomic E-state index is -0.224. The zero-order valence-corrected chi connectivity index (χ0v) is 15.7. The molecule has 0 aliphatic rings. The van der Waals surface area contributed by atoms with Gasteiger partial charge in [-0.25, -0.2) is 0 Å². The summed E-state index contributed by atoms with van der Waals surface area (Å²) in [6.45, 7) is -0.00877. The number of carbonyl (C=O) groups excluding carboxylic acids is 2. The molecule has 0 bridgehead atoms. The number of likely N-dealkylation sites (N-methyl/N-ethyl adjacent to an activating group) is 1. The molecule has 0 fully saturated rings. The molecule has 0 unspecified atom stereocenters. The molecular weight excluding hydrogens is 362 g/mol. The third kappa shape index (κ3) is 6.24. The van der Waals surface area contributed by atoms with E-state index in [1.807, 2.05) is 24.3 Å². The van der Waals surface area contributed by atoms with E-state index >= 15 is 0 Å². The maximum atomic E-state index is 11.7. The van der Waals surface area contributed by atoms with Gasteiger partial charge < -0.3 is 20.3 Å².